The van der Waals surface area contributed by atoms with Gasteiger partial charge in [0.15, 0.2) is 0 Å². The summed E-state index contributed by atoms with van der Waals surface area (Å²) in [5.41, 5.74) is 1.57. The van der Waals surface area contributed by atoms with Crippen molar-refractivity contribution >= 4 is 27.5 Å². The molecule has 0 aliphatic rings. The average Bonchev–Trinajstić information content (AvgIpc) is 2.48. The van der Waals surface area contributed by atoms with E-state index < -0.39 is 6.10 Å². The molecule has 1 atom stereocenters. The predicted octanol–water partition coefficient (Wildman–Crippen LogP) is 2.71. The quantitative estimate of drug-likeness (QED) is 0.752. The van der Waals surface area contributed by atoms with Crippen molar-refractivity contribution in [2.75, 3.05) is 18.4 Å². The molecule has 21 heavy (non-hydrogen) atoms. The minimum Gasteiger partial charge on any atom is -0.387 e. The van der Waals surface area contributed by atoms with Crippen molar-refractivity contribution in [3.05, 3.63) is 64.6 Å². The van der Waals surface area contributed by atoms with Gasteiger partial charge in [-0.2, -0.15) is 0 Å². The van der Waals surface area contributed by atoms with Gasteiger partial charge in [0.2, 0.25) is 5.91 Å². The number of hydrogen-bond acceptors (Lipinski definition) is 3. The number of amides is 1. The van der Waals surface area contributed by atoms with Gasteiger partial charge in [0.25, 0.3) is 0 Å². The maximum Gasteiger partial charge on any atom is 0.238 e. The Kier molecular flexibility index (Phi) is 5.92. The summed E-state index contributed by atoms with van der Waals surface area (Å²) in [6, 6.07) is 16.8. The summed E-state index contributed by atoms with van der Waals surface area (Å²) in [6.07, 6.45) is -0.620. The minimum atomic E-state index is -0.620. The third-order valence-corrected chi connectivity index (χ3v) is 3.41. The minimum absolute atomic E-state index is 0.145. The molecule has 0 bridgehead atoms. The topological polar surface area (TPSA) is 61.4 Å². The average molecular weight is 349 g/mol. The maximum absolute atomic E-state index is 11.8. The van der Waals surface area contributed by atoms with Gasteiger partial charge in [-0.15, -0.1) is 0 Å². The number of aliphatic hydroxyl groups is 1. The maximum atomic E-state index is 11.8. The number of halogens is 1. The Labute approximate surface area is 132 Å². The first-order valence-corrected chi connectivity index (χ1v) is 7.43. The summed E-state index contributed by atoms with van der Waals surface area (Å²) >= 11 is 3.35. The Morgan fingerprint density at radius 1 is 1.14 bits per heavy atom. The summed E-state index contributed by atoms with van der Waals surface area (Å²) in [4.78, 5) is 11.8. The Morgan fingerprint density at radius 3 is 2.62 bits per heavy atom. The van der Waals surface area contributed by atoms with Crippen LogP contribution in [0, 0.1) is 0 Å². The molecular weight excluding hydrogens is 332 g/mol. The first-order chi connectivity index (χ1) is 10.1. The van der Waals surface area contributed by atoms with Gasteiger partial charge >= 0.3 is 0 Å². The molecule has 1 unspecified atom stereocenters. The first-order valence-electron chi connectivity index (χ1n) is 6.64. The van der Waals surface area contributed by atoms with Gasteiger partial charge in [-0.25, -0.2) is 0 Å². The van der Waals surface area contributed by atoms with E-state index in [1.165, 1.54) is 0 Å². The third-order valence-electron chi connectivity index (χ3n) is 2.92. The highest BCUT2D eigenvalue weighted by Gasteiger charge is 2.08. The van der Waals surface area contributed by atoms with Crippen LogP contribution in [0.2, 0.25) is 0 Å². The molecule has 0 fully saturated rings. The Bertz CT molecular complexity index is 590. The molecule has 4 nitrogen and oxygen atoms in total. The Morgan fingerprint density at radius 2 is 1.90 bits per heavy atom. The van der Waals surface area contributed by atoms with E-state index in [0.717, 1.165) is 15.7 Å². The molecule has 0 saturated carbocycles. The molecule has 0 aromatic heterocycles. The third kappa shape index (κ3) is 5.30. The largest absolute Gasteiger partial charge is 0.387 e. The lowest BCUT2D eigenvalue weighted by molar-refractivity contribution is -0.115. The van der Waals surface area contributed by atoms with Crippen LogP contribution < -0.4 is 10.6 Å². The number of hydrogen-bond donors (Lipinski definition) is 3. The van der Waals surface area contributed by atoms with Crippen LogP contribution in [0.5, 0.6) is 0 Å². The second-order valence-electron chi connectivity index (χ2n) is 4.62. The summed E-state index contributed by atoms with van der Waals surface area (Å²) in [5, 5.41) is 15.7. The van der Waals surface area contributed by atoms with Crippen molar-refractivity contribution in [2.45, 2.75) is 6.10 Å². The van der Waals surface area contributed by atoms with Gasteiger partial charge in [0, 0.05) is 16.7 Å². The highest BCUT2D eigenvalue weighted by Crippen LogP contribution is 2.15. The number of carbonyl (C=O) groups is 1. The van der Waals surface area contributed by atoms with Crippen LogP contribution >= 0.6 is 15.9 Å². The van der Waals surface area contributed by atoms with Gasteiger partial charge < -0.3 is 15.7 Å². The molecule has 0 aliphatic carbocycles. The lowest BCUT2D eigenvalue weighted by Gasteiger charge is -2.12. The predicted molar refractivity (Wildman–Crippen MR) is 87.0 cm³/mol. The van der Waals surface area contributed by atoms with Crippen LogP contribution in [0.15, 0.2) is 59.1 Å². The number of rotatable bonds is 6. The van der Waals surface area contributed by atoms with E-state index >= 15 is 0 Å². The fourth-order valence-electron chi connectivity index (χ4n) is 1.89. The molecular formula is C16H17BrN2O2. The number of nitrogens with one attached hydrogen (secondary N) is 2. The zero-order chi connectivity index (χ0) is 15.1. The van der Waals surface area contributed by atoms with E-state index in [2.05, 4.69) is 26.6 Å². The van der Waals surface area contributed by atoms with Crippen molar-refractivity contribution in [1.29, 1.82) is 0 Å². The lowest BCUT2D eigenvalue weighted by Crippen LogP contribution is -2.31. The second kappa shape index (κ2) is 7.93. The highest BCUT2D eigenvalue weighted by molar-refractivity contribution is 9.10. The zero-order valence-electron chi connectivity index (χ0n) is 11.4. The van der Waals surface area contributed by atoms with Gasteiger partial charge in [-0.3, -0.25) is 4.79 Å². The molecule has 3 N–H and O–H groups in total. The van der Waals surface area contributed by atoms with Crippen molar-refractivity contribution in [3.8, 4) is 0 Å². The van der Waals surface area contributed by atoms with Gasteiger partial charge in [0.05, 0.1) is 12.6 Å². The molecule has 0 saturated heterocycles. The standard InChI is InChI=1S/C16H17BrN2O2/c17-13-7-4-8-14(9-13)19-16(21)11-18-10-15(20)12-5-2-1-3-6-12/h1-9,15,18,20H,10-11H2,(H,19,21). The van der Waals surface area contributed by atoms with Crippen LogP contribution in [0.1, 0.15) is 11.7 Å². The van der Waals surface area contributed by atoms with E-state index in [-0.39, 0.29) is 12.5 Å². The van der Waals surface area contributed by atoms with E-state index in [1.54, 1.807) is 0 Å². The van der Waals surface area contributed by atoms with Crippen molar-refractivity contribution in [1.82, 2.24) is 5.32 Å². The molecule has 0 heterocycles. The van der Waals surface area contributed by atoms with Crippen LogP contribution in [-0.2, 0) is 4.79 Å². The van der Waals surface area contributed by atoms with E-state index in [4.69, 9.17) is 0 Å². The molecule has 2 aromatic carbocycles. The van der Waals surface area contributed by atoms with Gasteiger partial charge in [0.1, 0.15) is 0 Å². The highest BCUT2D eigenvalue weighted by atomic mass is 79.9. The SMILES string of the molecule is O=C(CNCC(O)c1ccccc1)Nc1cccc(Br)c1. The smallest absolute Gasteiger partial charge is 0.238 e. The number of benzene rings is 2. The second-order valence-corrected chi connectivity index (χ2v) is 5.53. The number of carbonyl (C=O) groups excluding carboxylic acids is 1. The molecule has 0 radical (unpaired) electrons. The van der Waals surface area contributed by atoms with Gasteiger partial charge in [-0.05, 0) is 23.8 Å². The molecule has 2 rings (SSSR count). The molecule has 0 spiro atoms. The summed E-state index contributed by atoms with van der Waals surface area (Å²) in [6.45, 7) is 0.478. The summed E-state index contributed by atoms with van der Waals surface area (Å²) in [5.74, 6) is -0.145. The van der Waals surface area contributed by atoms with Crippen molar-refractivity contribution in [3.63, 3.8) is 0 Å². The molecule has 2 aromatic rings. The zero-order valence-corrected chi connectivity index (χ0v) is 13.0. The lowest BCUT2D eigenvalue weighted by atomic mass is 10.1. The van der Waals surface area contributed by atoms with Crippen LogP contribution in [0.25, 0.3) is 0 Å². The number of anilines is 1. The van der Waals surface area contributed by atoms with E-state index in [1.807, 2.05) is 54.6 Å². The summed E-state index contributed by atoms with van der Waals surface area (Å²) in [7, 11) is 0. The fraction of sp³-hybridized carbons (Fsp3) is 0.188. The van der Waals surface area contributed by atoms with Crippen molar-refractivity contribution in [2.24, 2.45) is 0 Å². The first kappa shape index (κ1) is 15.7. The van der Waals surface area contributed by atoms with E-state index in [9.17, 15) is 9.90 Å². The Hall–Kier alpha value is -1.69. The normalized spacial score (nSPS) is 11.9. The van der Waals surface area contributed by atoms with Crippen molar-refractivity contribution < 1.29 is 9.90 Å². The molecule has 110 valence electrons. The van der Waals surface area contributed by atoms with Gasteiger partial charge in [-0.1, -0.05) is 52.3 Å². The molecule has 5 heteroatoms. The monoisotopic (exact) mass is 348 g/mol. The number of aliphatic hydroxyl groups excluding tert-OH is 1. The Balaban J connectivity index is 1.74. The van der Waals surface area contributed by atoms with E-state index in [0.29, 0.717) is 6.54 Å². The fourth-order valence-corrected chi connectivity index (χ4v) is 2.29. The van der Waals surface area contributed by atoms with Crippen LogP contribution in [-0.4, -0.2) is 24.1 Å². The summed E-state index contributed by atoms with van der Waals surface area (Å²) < 4.78 is 0.910. The van der Waals surface area contributed by atoms with Crippen LogP contribution in [0.4, 0.5) is 5.69 Å². The molecule has 0 aliphatic heterocycles. The van der Waals surface area contributed by atoms with Crippen LogP contribution in [0.3, 0.4) is 0 Å². The molecule has 1 amide bonds.